The van der Waals surface area contributed by atoms with Gasteiger partial charge < -0.3 is 19.9 Å². The van der Waals surface area contributed by atoms with E-state index in [0.29, 0.717) is 35.6 Å². The van der Waals surface area contributed by atoms with Crippen molar-refractivity contribution in [1.29, 1.82) is 0 Å². The van der Waals surface area contributed by atoms with Crippen molar-refractivity contribution in [2.75, 3.05) is 20.7 Å². The number of hydrogen-bond donors (Lipinski definition) is 2. The van der Waals surface area contributed by atoms with Crippen molar-refractivity contribution in [3.63, 3.8) is 0 Å². The average Bonchev–Trinajstić information content (AvgIpc) is 2.97. The Morgan fingerprint density at radius 3 is 2.24 bits per heavy atom. The maximum Gasteiger partial charge on any atom is 0.337 e. The largest absolute Gasteiger partial charge is 0.508 e. The highest BCUT2D eigenvalue weighted by Crippen LogP contribution is 2.41. The van der Waals surface area contributed by atoms with Crippen molar-refractivity contribution >= 4 is 17.6 Å². The molecule has 0 saturated carbocycles. The zero-order valence-electron chi connectivity index (χ0n) is 23.9. The molecule has 0 aromatic heterocycles. The second-order valence-electron chi connectivity index (χ2n) is 10.1. The van der Waals surface area contributed by atoms with Crippen LogP contribution in [0.2, 0.25) is 0 Å². The topological polar surface area (TPSA) is 131 Å². The number of phenolic OH excluding ortho intramolecular Hbond substituents is 1. The van der Waals surface area contributed by atoms with Crippen molar-refractivity contribution < 1.29 is 29.1 Å². The molecule has 0 aliphatic carbocycles. The summed E-state index contributed by atoms with van der Waals surface area (Å²) in [6, 6.07) is 22.1. The second kappa shape index (κ2) is 13.1. The molecule has 1 heterocycles. The molecular weight excluding hydrogens is 538 g/mol. The highest BCUT2D eigenvalue weighted by molar-refractivity contribution is 6.00. The van der Waals surface area contributed by atoms with Crippen LogP contribution in [0.1, 0.15) is 42.6 Å². The maximum absolute atomic E-state index is 14.1. The number of nitro groups is 1. The molecule has 0 saturated heterocycles. The van der Waals surface area contributed by atoms with E-state index in [1.807, 2.05) is 42.3 Å². The third-order valence-electron chi connectivity index (χ3n) is 7.09. The summed E-state index contributed by atoms with van der Waals surface area (Å²) >= 11 is 0. The minimum Gasteiger partial charge on any atom is -0.508 e. The van der Waals surface area contributed by atoms with Gasteiger partial charge in [-0.2, -0.15) is 0 Å². The summed E-state index contributed by atoms with van der Waals surface area (Å²) in [5.74, 6) is -2.28. The highest BCUT2D eigenvalue weighted by atomic mass is 16.6. The van der Waals surface area contributed by atoms with Gasteiger partial charge >= 0.3 is 11.9 Å². The summed E-state index contributed by atoms with van der Waals surface area (Å²) in [5, 5.41) is 24.5. The molecule has 0 spiro atoms. The Kier molecular flexibility index (Phi) is 9.39. The third kappa shape index (κ3) is 6.84. The molecule has 0 amide bonds. The predicted molar refractivity (Wildman–Crippen MR) is 156 cm³/mol. The second-order valence-corrected chi connectivity index (χ2v) is 10.1. The number of rotatable bonds is 10. The number of allylic oxidation sites excluding steroid dienone is 2. The molecule has 3 aromatic carbocycles. The molecule has 1 aliphatic rings. The monoisotopic (exact) mass is 571 g/mol. The summed E-state index contributed by atoms with van der Waals surface area (Å²) in [4.78, 5) is 40.1. The molecule has 42 heavy (non-hydrogen) atoms. The maximum atomic E-state index is 14.1. The molecule has 0 radical (unpaired) electrons. The summed E-state index contributed by atoms with van der Waals surface area (Å²) in [5.41, 5.74) is 3.14. The van der Waals surface area contributed by atoms with E-state index in [9.17, 15) is 24.8 Å². The number of carbonyl (C=O) groups excluding carboxylic acids is 2. The Morgan fingerprint density at radius 1 is 0.976 bits per heavy atom. The molecule has 2 atom stereocenters. The zero-order valence-corrected chi connectivity index (χ0v) is 23.9. The third-order valence-corrected chi connectivity index (χ3v) is 7.09. The van der Waals surface area contributed by atoms with Crippen LogP contribution < -0.4 is 5.32 Å². The number of esters is 2. The number of dihydropyridines is 1. The number of methoxy groups -OCH3 is 1. The van der Waals surface area contributed by atoms with Gasteiger partial charge in [0.1, 0.15) is 11.9 Å². The molecular formula is C32H33N3O7. The van der Waals surface area contributed by atoms with Gasteiger partial charge in [-0.15, -0.1) is 0 Å². The number of nitrogens with zero attached hydrogens (tertiary/aromatic N) is 2. The van der Waals surface area contributed by atoms with Crippen molar-refractivity contribution in [2.45, 2.75) is 32.4 Å². The van der Waals surface area contributed by atoms with Gasteiger partial charge in [-0.25, -0.2) is 9.59 Å². The lowest BCUT2D eigenvalue weighted by Gasteiger charge is -2.32. The van der Waals surface area contributed by atoms with Crippen LogP contribution in [0.25, 0.3) is 0 Å². The normalized spacial score (nSPS) is 15.7. The number of nitrogens with one attached hydrogen (secondary N) is 1. The number of likely N-dealkylation sites (N-methyl/N-ethyl adjacent to an activating group) is 1. The highest BCUT2D eigenvalue weighted by Gasteiger charge is 2.39. The van der Waals surface area contributed by atoms with Crippen LogP contribution in [0.15, 0.2) is 101 Å². The van der Waals surface area contributed by atoms with E-state index in [1.54, 1.807) is 32.0 Å². The summed E-state index contributed by atoms with van der Waals surface area (Å²) in [6.07, 6.45) is -0.744. The average molecular weight is 572 g/mol. The Bertz CT molecular complexity index is 1530. The van der Waals surface area contributed by atoms with Crippen LogP contribution in [0.5, 0.6) is 5.75 Å². The van der Waals surface area contributed by atoms with Gasteiger partial charge in [0.2, 0.25) is 0 Å². The van der Waals surface area contributed by atoms with Gasteiger partial charge in [-0.05, 0) is 49.7 Å². The van der Waals surface area contributed by atoms with Crippen molar-refractivity contribution in [3.05, 3.63) is 128 Å². The van der Waals surface area contributed by atoms with Crippen molar-refractivity contribution in [1.82, 2.24) is 10.2 Å². The number of aromatic hydroxyl groups is 1. The van der Waals surface area contributed by atoms with Crippen LogP contribution in [0.4, 0.5) is 5.69 Å². The Hall–Kier alpha value is -4.96. The van der Waals surface area contributed by atoms with E-state index >= 15 is 0 Å². The minimum atomic E-state index is -0.978. The molecule has 2 N–H and O–H groups in total. The summed E-state index contributed by atoms with van der Waals surface area (Å²) in [7, 11) is 3.15. The minimum absolute atomic E-state index is 0.0746. The molecule has 218 valence electrons. The van der Waals surface area contributed by atoms with E-state index in [0.717, 1.165) is 5.56 Å². The molecule has 0 fully saturated rings. The van der Waals surface area contributed by atoms with E-state index in [4.69, 9.17) is 9.47 Å². The Labute approximate surface area is 244 Å². The molecule has 2 unspecified atom stereocenters. The zero-order chi connectivity index (χ0) is 30.4. The number of carbonyl (C=O) groups is 2. The first-order valence-corrected chi connectivity index (χ1v) is 13.3. The van der Waals surface area contributed by atoms with Gasteiger partial charge in [-0.3, -0.25) is 15.0 Å². The van der Waals surface area contributed by atoms with E-state index < -0.39 is 28.9 Å². The number of non-ortho nitro benzene ring substituents is 1. The van der Waals surface area contributed by atoms with Crippen LogP contribution in [0, 0.1) is 10.1 Å². The fourth-order valence-corrected chi connectivity index (χ4v) is 5.13. The van der Waals surface area contributed by atoms with E-state index in [2.05, 4.69) is 5.32 Å². The smallest absolute Gasteiger partial charge is 0.337 e. The summed E-state index contributed by atoms with van der Waals surface area (Å²) in [6.45, 7) is 4.29. The predicted octanol–water partition coefficient (Wildman–Crippen LogP) is 5.12. The molecule has 10 heteroatoms. The van der Waals surface area contributed by atoms with Crippen LogP contribution in [0.3, 0.4) is 0 Å². The van der Waals surface area contributed by atoms with Gasteiger partial charge in [-0.1, -0.05) is 54.6 Å². The van der Waals surface area contributed by atoms with Crippen LogP contribution >= 0.6 is 0 Å². The first-order valence-electron chi connectivity index (χ1n) is 13.3. The Morgan fingerprint density at radius 2 is 1.62 bits per heavy atom. The number of ether oxygens (including phenoxy) is 2. The standard InChI is InChI=1S/C32H33N3O7/c1-20-28(31(37)41-4)30(24-11-8-12-25(17-24)35(39)40)29(21(2)33-20)32(38)42-27(23-13-15-26(36)16-14-23)19-34(3)18-22-9-6-5-7-10-22/h5-17,27,30,33,36H,18-19H2,1-4H3. The van der Waals surface area contributed by atoms with Crippen LogP contribution in [-0.2, 0) is 25.6 Å². The quantitative estimate of drug-likeness (QED) is 0.193. The SMILES string of the molecule is COC(=O)C1=C(C)NC(C)=C(C(=O)OC(CN(C)Cc2ccccc2)c2ccc(O)cc2)C1c1cccc([N+](=O)[O-])c1. The lowest BCUT2D eigenvalue weighted by atomic mass is 9.80. The first kappa shape index (κ1) is 30.0. The Balaban J connectivity index is 1.72. The molecule has 3 aromatic rings. The number of phenols is 1. The molecule has 0 bridgehead atoms. The summed E-state index contributed by atoms with van der Waals surface area (Å²) < 4.78 is 11.2. The fourth-order valence-electron chi connectivity index (χ4n) is 5.13. The first-order chi connectivity index (χ1) is 20.1. The lowest BCUT2D eigenvalue weighted by Crippen LogP contribution is -2.34. The molecule has 10 nitrogen and oxygen atoms in total. The van der Waals surface area contributed by atoms with E-state index in [-0.39, 0.29) is 22.6 Å². The van der Waals surface area contributed by atoms with E-state index in [1.165, 1.54) is 37.4 Å². The fraction of sp³-hybridized carbons (Fsp3) is 0.250. The van der Waals surface area contributed by atoms with Gasteiger partial charge in [0.25, 0.3) is 5.69 Å². The number of nitro benzene ring substituents is 1. The lowest BCUT2D eigenvalue weighted by molar-refractivity contribution is -0.384. The number of benzene rings is 3. The van der Waals surface area contributed by atoms with Crippen molar-refractivity contribution in [3.8, 4) is 5.75 Å². The van der Waals surface area contributed by atoms with Gasteiger partial charge in [0.05, 0.1) is 29.1 Å². The van der Waals surface area contributed by atoms with Gasteiger partial charge in [0, 0.05) is 36.6 Å². The van der Waals surface area contributed by atoms with Crippen molar-refractivity contribution in [2.24, 2.45) is 0 Å². The number of hydrogen-bond acceptors (Lipinski definition) is 9. The van der Waals surface area contributed by atoms with Gasteiger partial charge in [0.15, 0.2) is 0 Å². The van der Waals surface area contributed by atoms with Crippen LogP contribution in [-0.4, -0.2) is 47.6 Å². The molecule has 4 rings (SSSR count). The molecule has 1 aliphatic heterocycles.